The van der Waals surface area contributed by atoms with Crippen molar-refractivity contribution in [3.05, 3.63) is 24.3 Å². The van der Waals surface area contributed by atoms with Crippen molar-refractivity contribution in [3.8, 4) is 5.75 Å². The van der Waals surface area contributed by atoms with Gasteiger partial charge in [0.1, 0.15) is 0 Å². The SMILES string of the molecule is CCNC(C)(C)C(=O)Nc1ccccc1OC(F)(F)F. The van der Waals surface area contributed by atoms with Gasteiger partial charge in [0.25, 0.3) is 0 Å². The monoisotopic (exact) mass is 290 g/mol. The van der Waals surface area contributed by atoms with Gasteiger partial charge in [-0.3, -0.25) is 4.79 Å². The minimum absolute atomic E-state index is 0.0270. The van der Waals surface area contributed by atoms with E-state index in [1.165, 1.54) is 18.2 Å². The van der Waals surface area contributed by atoms with Crippen LogP contribution in [0, 0.1) is 0 Å². The fourth-order valence-corrected chi connectivity index (χ4v) is 1.58. The Hall–Kier alpha value is -1.76. The van der Waals surface area contributed by atoms with E-state index in [0.29, 0.717) is 6.54 Å². The number of hydrogen-bond donors (Lipinski definition) is 2. The molecule has 0 aliphatic rings. The fraction of sp³-hybridized carbons (Fsp3) is 0.462. The molecule has 0 aliphatic heterocycles. The number of benzene rings is 1. The molecular weight excluding hydrogens is 273 g/mol. The highest BCUT2D eigenvalue weighted by Gasteiger charge is 2.33. The van der Waals surface area contributed by atoms with Gasteiger partial charge in [0.2, 0.25) is 5.91 Å². The highest BCUT2D eigenvalue weighted by Crippen LogP contribution is 2.30. The van der Waals surface area contributed by atoms with Crippen molar-refractivity contribution in [2.75, 3.05) is 11.9 Å². The number of carbonyl (C=O) groups excluding carboxylic acids is 1. The maximum atomic E-state index is 12.3. The van der Waals surface area contributed by atoms with E-state index >= 15 is 0 Å². The minimum Gasteiger partial charge on any atom is -0.404 e. The van der Waals surface area contributed by atoms with Gasteiger partial charge in [-0.25, -0.2) is 0 Å². The first-order chi connectivity index (χ1) is 9.15. The number of alkyl halides is 3. The molecule has 1 aromatic carbocycles. The molecule has 0 unspecified atom stereocenters. The molecule has 2 N–H and O–H groups in total. The van der Waals surface area contributed by atoms with Crippen molar-refractivity contribution in [3.63, 3.8) is 0 Å². The average molecular weight is 290 g/mol. The van der Waals surface area contributed by atoms with E-state index in [4.69, 9.17) is 0 Å². The Morgan fingerprint density at radius 1 is 1.25 bits per heavy atom. The first kappa shape index (κ1) is 16.3. The summed E-state index contributed by atoms with van der Waals surface area (Å²) >= 11 is 0. The molecule has 20 heavy (non-hydrogen) atoms. The molecule has 0 aromatic heterocycles. The van der Waals surface area contributed by atoms with E-state index in [-0.39, 0.29) is 5.69 Å². The summed E-state index contributed by atoms with van der Waals surface area (Å²) in [4.78, 5) is 12.0. The first-order valence-corrected chi connectivity index (χ1v) is 6.07. The molecule has 0 aliphatic carbocycles. The van der Waals surface area contributed by atoms with Crippen LogP contribution in [0.1, 0.15) is 20.8 Å². The summed E-state index contributed by atoms with van der Waals surface area (Å²) in [5, 5.41) is 5.37. The van der Waals surface area contributed by atoms with Gasteiger partial charge in [-0.1, -0.05) is 19.1 Å². The van der Waals surface area contributed by atoms with Crippen LogP contribution in [-0.4, -0.2) is 24.4 Å². The van der Waals surface area contributed by atoms with Crippen LogP contribution in [0.2, 0.25) is 0 Å². The highest BCUT2D eigenvalue weighted by atomic mass is 19.4. The van der Waals surface area contributed by atoms with E-state index in [0.717, 1.165) is 6.07 Å². The first-order valence-electron chi connectivity index (χ1n) is 6.07. The van der Waals surface area contributed by atoms with Gasteiger partial charge in [-0.05, 0) is 32.5 Å². The number of ether oxygens (including phenoxy) is 1. The van der Waals surface area contributed by atoms with Gasteiger partial charge in [0, 0.05) is 0 Å². The van der Waals surface area contributed by atoms with Crippen LogP contribution in [0.5, 0.6) is 5.75 Å². The number of para-hydroxylation sites is 2. The van der Waals surface area contributed by atoms with E-state index in [1.807, 2.05) is 6.92 Å². The van der Waals surface area contributed by atoms with Crippen LogP contribution in [-0.2, 0) is 4.79 Å². The van der Waals surface area contributed by atoms with Crippen molar-refractivity contribution in [2.45, 2.75) is 32.7 Å². The summed E-state index contributed by atoms with van der Waals surface area (Å²) in [6.45, 7) is 5.66. The largest absolute Gasteiger partial charge is 0.573 e. The minimum atomic E-state index is -4.81. The number of rotatable bonds is 5. The van der Waals surface area contributed by atoms with Gasteiger partial charge in [-0.15, -0.1) is 13.2 Å². The molecule has 1 aromatic rings. The summed E-state index contributed by atoms with van der Waals surface area (Å²) in [5.41, 5.74) is -0.930. The quantitative estimate of drug-likeness (QED) is 0.876. The Morgan fingerprint density at radius 3 is 2.40 bits per heavy atom. The van der Waals surface area contributed by atoms with Crippen LogP contribution in [0.25, 0.3) is 0 Å². The Kier molecular flexibility index (Phi) is 4.99. The number of amides is 1. The molecule has 1 amide bonds. The third-order valence-electron chi connectivity index (χ3n) is 2.55. The lowest BCUT2D eigenvalue weighted by Crippen LogP contribution is -2.49. The second-order valence-electron chi connectivity index (χ2n) is 4.65. The Balaban J connectivity index is 2.90. The second kappa shape index (κ2) is 6.13. The Morgan fingerprint density at radius 2 is 1.85 bits per heavy atom. The fourth-order valence-electron chi connectivity index (χ4n) is 1.58. The van der Waals surface area contributed by atoms with Crippen LogP contribution in [0.3, 0.4) is 0 Å². The van der Waals surface area contributed by atoms with Gasteiger partial charge in [0.15, 0.2) is 5.75 Å². The van der Waals surface area contributed by atoms with E-state index in [1.54, 1.807) is 13.8 Å². The molecule has 0 saturated carbocycles. The highest BCUT2D eigenvalue weighted by molar-refractivity contribution is 5.98. The number of likely N-dealkylation sites (N-methyl/N-ethyl adjacent to an activating group) is 1. The molecule has 4 nitrogen and oxygen atoms in total. The van der Waals surface area contributed by atoms with Gasteiger partial charge >= 0.3 is 6.36 Å². The Labute approximate surface area is 115 Å². The molecule has 0 saturated heterocycles. The summed E-state index contributed by atoms with van der Waals surface area (Å²) < 4.78 is 40.7. The van der Waals surface area contributed by atoms with Crippen LogP contribution < -0.4 is 15.4 Å². The zero-order valence-corrected chi connectivity index (χ0v) is 11.5. The molecule has 0 heterocycles. The maximum Gasteiger partial charge on any atom is 0.573 e. The van der Waals surface area contributed by atoms with Crippen LogP contribution in [0.4, 0.5) is 18.9 Å². The Bertz CT molecular complexity index is 473. The predicted octanol–water partition coefficient (Wildman–Crippen LogP) is 2.91. The third kappa shape index (κ3) is 4.73. The number of anilines is 1. The lowest BCUT2D eigenvalue weighted by molar-refractivity contribution is -0.274. The van der Waals surface area contributed by atoms with Crippen LogP contribution >= 0.6 is 0 Å². The molecule has 7 heteroatoms. The number of carbonyl (C=O) groups is 1. The maximum absolute atomic E-state index is 12.3. The van der Waals surface area contributed by atoms with Crippen molar-refractivity contribution in [2.24, 2.45) is 0 Å². The zero-order chi connectivity index (χ0) is 15.4. The second-order valence-corrected chi connectivity index (χ2v) is 4.65. The number of hydrogen-bond acceptors (Lipinski definition) is 3. The van der Waals surface area contributed by atoms with Crippen molar-refractivity contribution >= 4 is 11.6 Å². The molecule has 0 fully saturated rings. The smallest absolute Gasteiger partial charge is 0.404 e. The summed E-state index contributed by atoms with van der Waals surface area (Å²) in [5.74, 6) is -0.891. The molecule has 112 valence electrons. The normalized spacial score (nSPS) is 12.1. The van der Waals surface area contributed by atoms with E-state index < -0.39 is 23.6 Å². The number of nitrogens with one attached hydrogen (secondary N) is 2. The van der Waals surface area contributed by atoms with Crippen LogP contribution in [0.15, 0.2) is 24.3 Å². The van der Waals surface area contributed by atoms with E-state index in [9.17, 15) is 18.0 Å². The topological polar surface area (TPSA) is 50.4 Å². The lowest BCUT2D eigenvalue weighted by Gasteiger charge is -2.25. The van der Waals surface area contributed by atoms with Gasteiger partial charge in [-0.2, -0.15) is 0 Å². The molecule has 0 radical (unpaired) electrons. The third-order valence-corrected chi connectivity index (χ3v) is 2.55. The van der Waals surface area contributed by atoms with Crippen molar-refractivity contribution in [1.82, 2.24) is 5.32 Å². The predicted molar refractivity (Wildman–Crippen MR) is 69.5 cm³/mol. The molecule has 0 atom stereocenters. The summed E-state index contributed by atoms with van der Waals surface area (Å²) in [7, 11) is 0. The molecule has 0 spiro atoms. The van der Waals surface area contributed by atoms with Crippen molar-refractivity contribution < 1.29 is 22.7 Å². The van der Waals surface area contributed by atoms with Gasteiger partial charge < -0.3 is 15.4 Å². The number of halogens is 3. The molecular formula is C13H17F3N2O2. The summed E-state index contributed by atoms with van der Waals surface area (Å²) in [6, 6.07) is 5.40. The standard InChI is InChI=1S/C13H17F3N2O2/c1-4-17-12(2,3)11(19)18-9-7-5-6-8-10(9)20-13(14,15)16/h5-8,17H,4H2,1-3H3,(H,18,19). The molecule has 1 rings (SSSR count). The van der Waals surface area contributed by atoms with Crippen molar-refractivity contribution in [1.29, 1.82) is 0 Å². The van der Waals surface area contributed by atoms with Gasteiger partial charge in [0.05, 0.1) is 11.2 Å². The zero-order valence-electron chi connectivity index (χ0n) is 11.5. The lowest BCUT2D eigenvalue weighted by atomic mass is 10.0. The molecule has 0 bridgehead atoms. The average Bonchev–Trinajstić information content (AvgIpc) is 2.29. The van der Waals surface area contributed by atoms with E-state index in [2.05, 4.69) is 15.4 Å². The summed E-state index contributed by atoms with van der Waals surface area (Å²) in [6.07, 6.45) is -4.81.